The summed E-state index contributed by atoms with van der Waals surface area (Å²) in [6.45, 7) is 2.51. The highest BCUT2D eigenvalue weighted by Gasteiger charge is 2.44. The maximum absolute atomic E-state index is 12.3. The van der Waals surface area contributed by atoms with Gasteiger partial charge in [0.15, 0.2) is 0 Å². The molecule has 0 aliphatic heterocycles. The first kappa shape index (κ1) is 14.5. The van der Waals surface area contributed by atoms with E-state index in [1.807, 2.05) is 37.3 Å². The highest BCUT2D eigenvalue weighted by molar-refractivity contribution is 5.95. The Morgan fingerprint density at radius 2 is 1.95 bits per heavy atom. The molecule has 1 aliphatic rings. The van der Waals surface area contributed by atoms with Crippen molar-refractivity contribution in [2.75, 3.05) is 18.0 Å². The predicted octanol–water partition coefficient (Wildman–Crippen LogP) is 1.64. The van der Waals surface area contributed by atoms with E-state index in [4.69, 9.17) is 0 Å². The van der Waals surface area contributed by atoms with E-state index in [0.29, 0.717) is 19.4 Å². The lowest BCUT2D eigenvalue weighted by molar-refractivity contribution is -0.148. The molecule has 0 radical (unpaired) electrons. The second-order valence-electron chi connectivity index (χ2n) is 5.07. The zero-order chi connectivity index (χ0) is 14.6. The van der Waals surface area contributed by atoms with Gasteiger partial charge >= 0.3 is 5.97 Å². The van der Waals surface area contributed by atoms with E-state index in [2.05, 4.69) is 5.32 Å². The summed E-state index contributed by atoms with van der Waals surface area (Å²) in [6.07, 6.45) is 2.07. The molecule has 20 heavy (non-hydrogen) atoms. The van der Waals surface area contributed by atoms with Gasteiger partial charge in [-0.05, 0) is 38.3 Å². The summed E-state index contributed by atoms with van der Waals surface area (Å²) in [7, 11) is 0. The van der Waals surface area contributed by atoms with E-state index in [9.17, 15) is 14.7 Å². The van der Waals surface area contributed by atoms with Gasteiger partial charge in [0.2, 0.25) is 5.91 Å². The van der Waals surface area contributed by atoms with Crippen molar-refractivity contribution < 1.29 is 14.7 Å². The Morgan fingerprint density at radius 3 is 2.40 bits per heavy atom. The fourth-order valence-electron chi connectivity index (χ4n) is 2.45. The summed E-state index contributed by atoms with van der Waals surface area (Å²) in [5.41, 5.74) is -0.0639. The molecular weight excluding hydrogens is 256 g/mol. The van der Waals surface area contributed by atoms with Gasteiger partial charge in [-0.1, -0.05) is 18.2 Å². The van der Waals surface area contributed by atoms with E-state index >= 15 is 0 Å². The van der Waals surface area contributed by atoms with Crippen molar-refractivity contribution >= 4 is 17.6 Å². The average molecular weight is 276 g/mol. The van der Waals surface area contributed by atoms with Crippen molar-refractivity contribution in [3.63, 3.8) is 0 Å². The summed E-state index contributed by atoms with van der Waals surface area (Å²) in [4.78, 5) is 25.1. The lowest BCUT2D eigenvalue weighted by Gasteiger charge is -2.38. The Kier molecular flexibility index (Phi) is 4.39. The fraction of sp³-hybridized carbons (Fsp3) is 0.467. The minimum absolute atomic E-state index is 0.0506. The van der Waals surface area contributed by atoms with Gasteiger partial charge in [0.05, 0.1) is 6.54 Å². The monoisotopic (exact) mass is 276 g/mol. The van der Waals surface area contributed by atoms with Gasteiger partial charge in [0.1, 0.15) is 5.54 Å². The summed E-state index contributed by atoms with van der Waals surface area (Å²) < 4.78 is 0. The smallest absolute Gasteiger partial charge is 0.323 e. The molecule has 0 unspecified atom stereocenters. The summed E-state index contributed by atoms with van der Waals surface area (Å²) in [5.74, 6) is -0.967. The number of carboxylic acid groups (broad SMARTS) is 1. The number of carbonyl (C=O) groups is 2. The molecule has 1 aromatic carbocycles. The highest BCUT2D eigenvalue weighted by Crippen LogP contribution is 2.31. The number of hydrogen-bond acceptors (Lipinski definition) is 3. The second kappa shape index (κ2) is 6.05. The van der Waals surface area contributed by atoms with E-state index in [-0.39, 0.29) is 12.5 Å². The first-order valence-corrected chi connectivity index (χ1v) is 6.93. The lowest BCUT2D eigenvalue weighted by atomic mass is 9.77. The van der Waals surface area contributed by atoms with Crippen molar-refractivity contribution in [3.8, 4) is 0 Å². The number of nitrogens with zero attached hydrogens (tertiary/aromatic N) is 1. The molecule has 0 bridgehead atoms. The van der Waals surface area contributed by atoms with E-state index < -0.39 is 11.5 Å². The maximum atomic E-state index is 12.3. The number of carboxylic acids is 1. The van der Waals surface area contributed by atoms with Gasteiger partial charge in [-0.25, -0.2) is 0 Å². The summed E-state index contributed by atoms with van der Waals surface area (Å²) in [6, 6.07) is 9.40. The number of aliphatic carboxylic acids is 1. The number of hydrogen-bond donors (Lipinski definition) is 2. The molecule has 1 fully saturated rings. The Morgan fingerprint density at radius 1 is 1.30 bits per heavy atom. The van der Waals surface area contributed by atoms with Crippen LogP contribution in [-0.4, -0.2) is 35.6 Å². The largest absolute Gasteiger partial charge is 0.480 e. The molecule has 2 rings (SSSR count). The van der Waals surface area contributed by atoms with E-state index in [1.54, 1.807) is 4.90 Å². The van der Waals surface area contributed by atoms with Crippen LogP contribution in [0.2, 0.25) is 0 Å². The third kappa shape index (κ3) is 2.82. The highest BCUT2D eigenvalue weighted by atomic mass is 16.4. The van der Waals surface area contributed by atoms with Crippen LogP contribution >= 0.6 is 0 Å². The van der Waals surface area contributed by atoms with Gasteiger partial charge in [-0.2, -0.15) is 0 Å². The molecule has 1 saturated carbocycles. The Bertz CT molecular complexity index is 483. The van der Waals surface area contributed by atoms with Crippen LogP contribution in [0, 0.1) is 0 Å². The molecule has 0 saturated heterocycles. The molecule has 0 atom stereocenters. The topological polar surface area (TPSA) is 69.6 Å². The van der Waals surface area contributed by atoms with Crippen LogP contribution < -0.4 is 10.2 Å². The molecule has 1 amide bonds. The molecule has 5 heteroatoms. The van der Waals surface area contributed by atoms with E-state index in [0.717, 1.165) is 12.1 Å². The van der Waals surface area contributed by atoms with Gasteiger partial charge in [-0.15, -0.1) is 0 Å². The quantitative estimate of drug-likeness (QED) is 0.828. The van der Waals surface area contributed by atoms with Crippen molar-refractivity contribution in [1.82, 2.24) is 5.32 Å². The van der Waals surface area contributed by atoms with Crippen LogP contribution in [0.5, 0.6) is 0 Å². The lowest BCUT2D eigenvalue weighted by Crippen LogP contribution is -2.59. The molecule has 1 aliphatic carbocycles. The Labute approximate surface area is 118 Å². The Balaban J connectivity index is 1.98. The molecular formula is C15H20N2O3. The third-order valence-corrected chi connectivity index (χ3v) is 3.88. The zero-order valence-electron chi connectivity index (χ0n) is 11.6. The standard InChI is InChI=1S/C15H20N2O3/c1-2-17(12-7-4-3-5-8-12)13(18)11-16-15(14(19)20)9-6-10-15/h3-5,7-8,16H,2,6,9-11H2,1H3,(H,19,20). The van der Waals surface area contributed by atoms with Gasteiger partial charge in [0, 0.05) is 12.2 Å². The van der Waals surface area contributed by atoms with Crippen LogP contribution in [0.4, 0.5) is 5.69 Å². The summed E-state index contributed by atoms with van der Waals surface area (Å²) >= 11 is 0. The molecule has 2 N–H and O–H groups in total. The summed E-state index contributed by atoms with van der Waals surface area (Å²) in [5, 5.41) is 12.1. The Hall–Kier alpha value is -1.88. The first-order chi connectivity index (χ1) is 9.59. The number of nitrogens with one attached hydrogen (secondary N) is 1. The second-order valence-corrected chi connectivity index (χ2v) is 5.07. The normalized spacial score (nSPS) is 16.2. The fourth-order valence-corrected chi connectivity index (χ4v) is 2.45. The number of anilines is 1. The van der Waals surface area contributed by atoms with Crippen LogP contribution in [0.1, 0.15) is 26.2 Å². The van der Waals surface area contributed by atoms with Crippen molar-refractivity contribution in [1.29, 1.82) is 0 Å². The maximum Gasteiger partial charge on any atom is 0.323 e. The van der Waals surface area contributed by atoms with Crippen molar-refractivity contribution in [2.45, 2.75) is 31.7 Å². The number of amides is 1. The van der Waals surface area contributed by atoms with Gasteiger partial charge in [-0.3, -0.25) is 14.9 Å². The number of rotatable bonds is 6. The van der Waals surface area contributed by atoms with Gasteiger partial charge < -0.3 is 10.0 Å². The molecule has 108 valence electrons. The molecule has 1 aromatic rings. The van der Waals surface area contributed by atoms with Gasteiger partial charge in [0.25, 0.3) is 0 Å². The minimum atomic E-state index is -0.897. The molecule has 0 spiro atoms. The van der Waals surface area contributed by atoms with Crippen LogP contribution in [0.25, 0.3) is 0 Å². The predicted molar refractivity (Wildman–Crippen MR) is 76.7 cm³/mol. The zero-order valence-corrected chi connectivity index (χ0v) is 11.6. The third-order valence-electron chi connectivity index (χ3n) is 3.88. The average Bonchev–Trinajstić information content (AvgIpc) is 2.39. The first-order valence-electron chi connectivity index (χ1n) is 6.93. The number of likely N-dealkylation sites (N-methyl/N-ethyl adjacent to an activating group) is 1. The van der Waals surface area contributed by atoms with Crippen molar-refractivity contribution in [3.05, 3.63) is 30.3 Å². The van der Waals surface area contributed by atoms with Crippen LogP contribution in [-0.2, 0) is 9.59 Å². The molecule has 5 nitrogen and oxygen atoms in total. The minimum Gasteiger partial charge on any atom is -0.480 e. The van der Waals surface area contributed by atoms with Crippen LogP contribution in [0.3, 0.4) is 0 Å². The SMILES string of the molecule is CCN(C(=O)CNC1(C(=O)O)CCC1)c1ccccc1. The number of para-hydroxylation sites is 1. The van der Waals surface area contributed by atoms with E-state index in [1.165, 1.54) is 0 Å². The van der Waals surface area contributed by atoms with Crippen LogP contribution in [0.15, 0.2) is 30.3 Å². The molecule has 0 aromatic heterocycles. The number of carbonyl (C=O) groups excluding carboxylic acids is 1. The number of benzene rings is 1. The van der Waals surface area contributed by atoms with Crippen molar-refractivity contribution in [2.24, 2.45) is 0 Å². The molecule has 0 heterocycles.